The van der Waals surface area contributed by atoms with Gasteiger partial charge >= 0.3 is 12.2 Å². The Labute approximate surface area is 461 Å². The number of H-pyrrole nitrogens is 2. The molecule has 6 fully saturated rings. The van der Waals surface area contributed by atoms with Crippen LogP contribution in [0, 0.1) is 29.4 Å². The molecule has 4 N–H and O–H groups in total. The second-order valence-corrected chi connectivity index (χ2v) is 23.4. The summed E-state index contributed by atoms with van der Waals surface area (Å²) in [6.07, 6.45) is 12.2. The lowest BCUT2D eigenvalue weighted by molar-refractivity contribution is -0.139. The fourth-order valence-electron chi connectivity index (χ4n) is 14.5. The molecule has 11 rings (SSSR count). The van der Waals surface area contributed by atoms with Crippen LogP contribution in [0.15, 0.2) is 48.5 Å². The SMILES string of the molecule is CCCC[C@H]1CC[C@@H](c2nc3ccc([C@H]4CC[C@H](c5ccc6nc([C@@H]7C[C@@H]8CCC[C@@H]8N7C(=O)[C@@H](NC(=O)OC)C7CCOCC7)[nH]c6c5)N4c4cc(F)c(N5CCCCC5)c(F)c4)cc3[nH]2)N1C(=O)[C@@H](NC(=O)OC)C(C)C. The number of aromatic nitrogens is 4. The number of ether oxygens (including phenoxy) is 3. The number of unbranched alkanes of at least 4 members (excludes halogenated alkanes) is 1. The summed E-state index contributed by atoms with van der Waals surface area (Å²) in [5.41, 5.74) is 5.47. The van der Waals surface area contributed by atoms with Gasteiger partial charge in [-0.25, -0.2) is 28.3 Å². The molecule has 0 bridgehead atoms. The van der Waals surface area contributed by atoms with Gasteiger partial charge in [0.1, 0.15) is 29.4 Å². The van der Waals surface area contributed by atoms with Crippen molar-refractivity contribution in [3.05, 3.63) is 82.9 Å². The van der Waals surface area contributed by atoms with Gasteiger partial charge in [0, 0.05) is 44.1 Å². The molecule has 1 aliphatic carbocycles. The number of fused-ring (bicyclic) bond motifs is 3. The van der Waals surface area contributed by atoms with Crippen LogP contribution < -0.4 is 20.4 Å². The van der Waals surface area contributed by atoms with Gasteiger partial charge < -0.3 is 54.4 Å². The maximum absolute atomic E-state index is 16.6. The van der Waals surface area contributed by atoms with Crippen molar-refractivity contribution in [3.63, 3.8) is 0 Å². The summed E-state index contributed by atoms with van der Waals surface area (Å²) in [7, 11) is 2.61. The number of carbonyl (C=O) groups excluding carboxylic acids is 4. The number of methoxy groups -OCH3 is 2. The zero-order valence-electron chi connectivity index (χ0n) is 46.4. The number of nitrogens with zero attached hydrogens (tertiary/aromatic N) is 6. The number of piperidine rings is 1. The van der Waals surface area contributed by atoms with Crippen LogP contribution in [0.25, 0.3) is 22.1 Å². The molecule has 5 aliphatic heterocycles. The molecule has 9 atom stereocenters. The summed E-state index contributed by atoms with van der Waals surface area (Å²) in [5.74, 6) is -0.0259. The van der Waals surface area contributed by atoms with Crippen molar-refractivity contribution in [2.45, 2.75) is 172 Å². The molecular formula is C60H78F2N10O7. The molecule has 5 aromatic rings. The Bertz CT molecular complexity index is 3000. The minimum Gasteiger partial charge on any atom is -0.453 e. The average molecular weight is 1090 g/mol. The standard InChI is InChI=1S/C60H78F2N10O7/c1-6-7-13-39-17-20-50(71(39)57(73)52(34(2)3)67-59(75)77-4)55-63-43-18-15-37(29-45(43)65-55)48-21-22-49(70(48)40-32-41(61)54(42(62)33-40)69-25-9-8-10-26-69)38-16-19-44-46(30-38)66-56(64-44)51-31-36-12-11-14-47(36)72(51)58(74)53(68-60(76)78-5)35-23-27-79-28-24-35/h15-16,18-19,29-30,32-36,39,47-53H,6-14,17,20-28,31H2,1-5H3,(H,63,65)(H,64,66)(H,67,75)(H,68,76)/t36-,39-,47-,48+,49+,50-,51-,52-,53-/m0/s1. The number of carbonyl (C=O) groups is 4. The van der Waals surface area contributed by atoms with Crippen LogP contribution >= 0.6 is 0 Å². The van der Waals surface area contributed by atoms with Crippen LogP contribution in [0.4, 0.5) is 29.7 Å². The number of imidazole rings is 2. The predicted molar refractivity (Wildman–Crippen MR) is 296 cm³/mol. The number of nitrogens with one attached hydrogen (secondary N) is 4. The van der Waals surface area contributed by atoms with Gasteiger partial charge in [-0.05, 0) is 149 Å². The number of alkyl carbamates (subject to hydrolysis) is 2. The van der Waals surface area contributed by atoms with Gasteiger partial charge in [-0.3, -0.25) is 9.59 Å². The fourth-order valence-corrected chi connectivity index (χ4v) is 14.5. The van der Waals surface area contributed by atoms with Gasteiger partial charge in [0.05, 0.1) is 60.5 Å². The van der Waals surface area contributed by atoms with E-state index in [0.29, 0.717) is 81.7 Å². The second kappa shape index (κ2) is 23.3. The lowest BCUT2D eigenvalue weighted by Gasteiger charge is -2.36. The minimum atomic E-state index is -0.777. The summed E-state index contributed by atoms with van der Waals surface area (Å²) in [4.78, 5) is 80.2. The van der Waals surface area contributed by atoms with Crippen LogP contribution in [0.3, 0.4) is 0 Å². The summed E-state index contributed by atoms with van der Waals surface area (Å²) in [6, 6.07) is 12.6. The first-order valence-corrected chi connectivity index (χ1v) is 29.3. The zero-order chi connectivity index (χ0) is 55.1. The molecule has 5 saturated heterocycles. The number of hydrogen-bond donors (Lipinski definition) is 4. The number of likely N-dealkylation sites (tertiary alicyclic amines) is 2. The van der Waals surface area contributed by atoms with E-state index >= 15 is 8.78 Å². The Hall–Kier alpha value is -6.50. The van der Waals surface area contributed by atoms with Crippen molar-refractivity contribution in [2.24, 2.45) is 17.8 Å². The molecule has 4 amide bonds. The van der Waals surface area contributed by atoms with E-state index in [1.807, 2.05) is 40.7 Å². The number of halogens is 2. The Balaban J connectivity index is 0.923. The summed E-state index contributed by atoms with van der Waals surface area (Å²) >= 11 is 0. The van der Waals surface area contributed by atoms with Crippen LogP contribution in [-0.4, -0.2) is 118 Å². The number of rotatable bonds is 15. The summed E-state index contributed by atoms with van der Waals surface area (Å²) in [5, 5.41) is 5.71. The van der Waals surface area contributed by atoms with Gasteiger partial charge in [-0.15, -0.1) is 0 Å². The minimum absolute atomic E-state index is 0.0151. The van der Waals surface area contributed by atoms with Crippen molar-refractivity contribution in [2.75, 3.05) is 50.3 Å². The Morgan fingerprint density at radius 2 is 1.32 bits per heavy atom. The lowest BCUT2D eigenvalue weighted by atomic mass is 9.90. The first-order chi connectivity index (χ1) is 38.3. The highest BCUT2D eigenvalue weighted by Crippen LogP contribution is 2.51. The molecule has 0 unspecified atom stereocenters. The zero-order valence-corrected chi connectivity index (χ0v) is 46.4. The van der Waals surface area contributed by atoms with Gasteiger partial charge in [0.2, 0.25) is 11.8 Å². The Morgan fingerprint density at radius 1 is 0.709 bits per heavy atom. The monoisotopic (exact) mass is 1090 g/mol. The number of amides is 4. The molecular weight excluding hydrogens is 1010 g/mol. The third-order valence-corrected chi connectivity index (χ3v) is 18.4. The first-order valence-electron chi connectivity index (χ1n) is 29.3. The Morgan fingerprint density at radius 3 is 1.92 bits per heavy atom. The highest BCUT2D eigenvalue weighted by atomic mass is 19.1. The molecule has 6 aliphatic rings. The third kappa shape index (κ3) is 10.7. The van der Waals surface area contributed by atoms with E-state index in [2.05, 4.69) is 56.7 Å². The highest BCUT2D eigenvalue weighted by Gasteiger charge is 2.51. The molecule has 3 aromatic carbocycles. The molecule has 1 saturated carbocycles. The van der Waals surface area contributed by atoms with E-state index in [9.17, 15) is 19.2 Å². The van der Waals surface area contributed by atoms with E-state index in [1.54, 1.807) is 0 Å². The molecule has 0 radical (unpaired) electrons. The van der Waals surface area contributed by atoms with E-state index < -0.39 is 35.9 Å². The van der Waals surface area contributed by atoms with E-state index in [1.165, 1.54) is 26.4 Å². The van der Waals surface area contributed by atoms with Crippen LogP contribution in [0.1, 0.15) is 170 Å². The van der Waals surface area contributed by atoms with Gasteiger partial charge in [0.15, 0.2) is 11.6 Å². The fraction of sp³-hybridized carbons (Fsp3) is 0.600. The van der Waals surface area contributed by atoms with Crippen LogP contribution in [-0.2, 0) is 23.8 Å². The second-order valence-electron chi connectivity index (χ2n) is 23.4. The summed E-state index contributed by atoms with van der Waals surface area (Å²) < 4.78 is 48.9. The molecule has 19 heteroatoms. The number of hydrogen-bond acceptors (Lipinski definition) is 11. The molecule has 424 valence electrons. The highest BCUT2D eigenvalue weighted by molar-refractivity contribution is 5.88. The molecule has 0 spiro atoms. The quantitative estimate of drug-likeness (QED) is 0.0780. The smallest absolute Gasteiger partial charge is 0.407 e. The number of benzene rings is 3. The molecule has 17 nitrogen and oxygen atoms in total. The largest absolute Gasteiger partial charge is 0.453 e. The predicted octanol–water partition coefficient (Wildman–Crippen LogP) is 11.0. The van der Waals surface area contributed by atoms with Crippen molar-refractivity contribution in [1.29, 1.82) is 0 Å². The van der Waals surface area contributed by atoms with Crippen LogP contribution in [0.5, 0.6) is 0 Å². The maximum Gasteiger partial charge on any atom is 0.407 e. The molecule has 2 aromatic heterocycles. The van der Waals surface area contributed by atoms with Crippen LogP contribution in [0.2, 0.25) is 0 Å². The van der Waals surface area contributed by atoms with E-state index in [0.717, 1.165) is 104 Å². The lowest BCUT2D eigenvalue weighted by Crippen LogP contribution is -2.55. The van der Waals surface area contributed by atoms with Crippen molar-refractivity contribution < 1.29 is 42.2 Å². The maximum atomic E-state index is 16.6. The van der Waals surface area contributed by atoms with E-state index in [4.69, 9.17) is 24.2 Å². The van der Waals surface area contributed by atoms with Gasteiger partial charge in [0.25, 0.3) is 0 Å². The number of anilines is 2. The third-order valence-electron chi connectivity index (χ3n) is 18.4. The molecule has 79 heavy (non-hydrogen) atoms. The normalized spacial score (nSPS) is 25.3. The summed E-state index contributed by atoms with van der Waals surface area (Å²) in [6.45, 7) is 8.22. The van der Waals surface area contributed by atoms with Crippen molar-refractivity contribution in [1.82, 2.24) is 40.4 Å². The Kier molecular flexibility index (Phi) is 16.1. The van der Waals surface area contributed by atoms with Gasteiger partial charge in [-0.1, -0.05) is 52.2 Å². The van der Waals surface area contributed by atoms with Gasteiger partial charge in [-0.2, -0.15) is 0 Å². The average Bonchev–Trinajstić information content (AvgIpc) is 4.46. The topological polar surface area (TPSA) is 190 Å². The first kappa shape index (κ1) is 54.5. The van der Waals surface area contributed by atoms with Crippen molar-refractivity contribution in [3.8, 4) is 0 Å². The number of aromatic amines is 2. The van der Waals surface area contributed by atoms with E-state index in [-0.39, 0.29) is 65.6 Å². The van der Waals surface area contributed by atoms with Crippen molar-refractivity contribution >= 4 is 57.4 Å². The molecule has 7 heterocycles.